The van der Waals surface area contributed by atoms with Crippen LogP contribution in [0, 0.1) is 16.7 Å². The Kier molecular flexibility index (Phi) is 4.81. The standard InChI is InChI=1S/C21H34O5Si/c1-19(2,3)27(6,7)26-11-13-17-16(23)10-21(17,12-25-18(13)24)14-8-20(4,5)9-15(14)22/h14,16,23H,8-12H2,1-7H3/t14-,16+,21-/m0/s1. The van der Waals surface area contributed by atoms with Gasteiger partial charge in [0.1, 0.15) is 12.4 Å². The van der Waals surface area contributed by atoms with Crippen LogP contribution in [0.2, 0.25) is 18.1 Å². The highest BCUT2D eigenvalue weighted by Crippen LogP contribution is 2.60. The molecule has 0 bridgehead atoms. The van der Waals surface area contributed by atoms with Gasteiger partial charge in [0.25, 0.3) is 0 Å². The number of carbonyl (C=O) groups excluding carboxylic acids is 2. The second-order valence-corrected chi connectivity index (χ2v) is 15.8. The van der Waals surface area contributed by atoms with E-state index in [1.54, 1.807) is 0 Å². The number of hydrogen-bond acceptors (Lipinski definition) is 5. The smallest absolute Gasteiger partial charge is 0.336 e. The Hall–Kier alpha value is -0.983. The molecule has 27 heavy (non-hydrogen) atoms. The van der Waals surface area contributed by atoms with Crippen LogP contribution in [-0.4, -0.2) is 44.5 Å². The summed E-state index contributed by atoms with van der Waals surface area (Å²) in [5.41, 5.74) is 0.599. The van der Waals surface area contributed by atoms with Crippen molar-refractivity contribution in [2.45, 2.75) is 78.1 Å². The van der Waals surface area contributed by atoms with E-state index in [0.717, 1.165) is 6.42 Å². The lowest BCUT2D eigenvalue weighted by atomic mass is 9.53. The van der Waals surface area contributed by atoms with E-state index in [9.17, 15) is 14.7 Å². The summed E-state index contributed by atoms with van der Waals surface area (Å²) in [4.78, 5) is 25.3. The fourth-order valence-electron chi connectivity index (χ4n) is 4.66. The Labute approximate surface area is 163 Å². The Morgan fingerprint density at radius 3 is 2.33 bits per heavy atom. The maximum absolute atomic E-state index is 12.7. The van der Waals surface area contributed by atoms with E-state index in [-0.39, 0.29) is 35.4 Å². The third kappa shape index (κ3) is 3.34. The zero-order valence-electron chi connectivity index (χ0n) is 17.8. The fraction of sp³-hybridized carbons (Fsp3) is 0.810. The average molecular weight is 395 g/mol. The molecule has 6 heteroatoms. The highest BCUT2D eigenvalue weighted by molar-refractivity contribution is 6.74. The number of hydrogen-bond donors (Lipinski definition) is 1. The van der Waals surface area contributed by atoms with Crippen molar-refractivity contribution in [2.75, 3.05) is 13.2 Å². The van der Waals surface area contributed by atoms with Gasteiger partial charge >= 0.3 is 5.97 Å². The molecule has 2 fully saturated rings. The Balaban J connectivity index is 1.93. The minimum atomic E-state index is -2.05. The number of esters is 1. The van der Waals surface area contributed by atoms with E-state index in [0.29, 0.717) is 24.0 Å². The SMILES string of the molecule is CC1(C)CC(=O)[C@@H]([C@]23COC(=O)C(CO[Si](C)(C)C(C)(C)C)=C2[C@H](O)C3)C1. The van der Waals surface area contributed by atoms with Gasteiger partial charge in [-0.05, 0) is 42.0 Å². The molecule has 0 amide bonds. The molecular weight excluding hydrogens is 360 g/mol. The summed E-state index contributed by atoms with van der Waals surface area (Å²) in [6.07, 6.45) is 1.14. The van der Waals surface area contributed by atoms with Gasteiger partial charge in [0, 0.05) is 17.8 Å². The maximum Gasteiger partial charge on any atom is 0.336 e. The molecule has 2 aliphatic carbocycles. The summed E-state index contributed by atoms with van der Waals surface area (Å²) in [5, 5.41) is 10.6. The molecule has 5 nitrogen and oxygen atoms in total. The van der Waals surface area contributed by atoms with Crippen molar-refractivity contribution >= 4 is 20.1 Å². The molecule has 3 aliphatic rings. The lowest BCUT2D eigenvalue weighted by Crippen LogP contribution is -2.57. The van der Waals surface area contributed by atoms with Gasteiger partial charge in [-0.15, -0.1) is 0 Å². The van der Waals surface area contributed by atoms with Gasteiger partial charge < -0.3 is 14.3 Å². The van der Waals surface area contributed by atoms with E-state index < -0.39 is 25.8 Å². The number of aliphatic hydroxyl groups is 1. The lowest BCUT2D eigenvalue weighted by molar-refractivity contribution is -0.156. The normalized spacial score (nSPS) is 33.6. The predicted molar refractivity (Wildman–Crippen MR) is 106 cm³/mol. The van der Waals surface area contributed by atoms with Crippen LogP contribution in [0.3, 0.4) is 0 Å². The van der Waals surface area contributed by atoms with Crippen molar-refractivity contribution in [3.8, 4) is 0 Å². The van der Waals surface area contributed by atoms with Gasteiger partial charge in [-0.1, -0.05) is 34.6 Å². The monoisotopic (exact) mass is 394 g/mol. The zero-order chi connectivity index (χ0) is 20.4. The first kappa shape index (κ1) is 20.7. The molecule has 0 spiro atoms. The third-order valence-electron chi connectivity index (χ3n) is 7.31. The molecule has 0 unspecified atom stereocenters. The quantitative estimate of drug-likeness (QED) is 0.582. The van der Waals surface area contributed by atoms with E-state index in [1.165, 1.54) is 0 Å². The van der Waals surface area contributed by atoms with Crippen LogP contribution in [-0.2, 0) is 18.8 Å². The molecule has 3 atom stereocenters. The minimum absolute atomic E-state index is 0.0254. The molecule has 0 aromatic rings. The maximum atomic E-state index is 12.7. The summed E-state index contributed by atoms with van der Waals surface area (Å²) in [5.74, 6) is -0.350. The molecule has 1 aliphatic heterocycles. The van der Waals surface area contributed by atoms with Gasteiger partial charge in [-0.2, -0.15) is 0 Å². The summed E-state index contributed by atoms with van der Waals surface area (Å²) in [6, 6.07) is 0. The number of carbonyl (C=O) groups is 2. The molecule has 2 saturated carbocycles. The Morgan fingerprint density at radius 2 is 1.85 bits per heavy atom. The van der Waals surface area contributed by atoms with Crippen molar-refractivity contribution < 1.29 is 23.9 Å². The lowest BCUT2D eigenvalue weighted by Gasteiger charge is -2.54. The molecular formula is C21H34O5Si. The van der Waals surface area contributed by atoms with Gasteiger partial charge in [-0.25, -0.2) is 4.79 Å². The molecule has 152 valence electrons. The first-order chi connectivity index (χ1) is 12.2. The van der Waals surface area contributed by atoms with Crippen molar-refractivity contribution in [3.63, 3.8) is 0 Å². The Bertz CT molecular complexity index is 700. The molecule has 3 rings (SSSR count). The molecule has 0 radical (unpaired) electrons. The topological polar surface area (TPSA) is 72.8 Å². The third-order valence-corrected chi connectivity index (χ3v) is 11.8. The van der Waals surface area contributed by atoms with Gasteiger partial charge in [0.15, 0.2) is 8.32 Å². The second-order valence-electron chi connectivity index (χ2n) is 11.0. The Morgan fingerprint density at radius 1 is 1.22 bits per heavy atom. The van der Waals surface area contributed by atoms with Crippen LogP contribution in [0.4, 0.5) is 0 Å². The number of fused-ring (bicyclic) bond motifs is 1. The van der Waals surface area contributed by atoms with Crippen molar-refractivity contribution in [1.29, 1.82) is 0 Å². The van der Waals surface area contributed by atoms with Crippen molar-refractivity contribution in [2.24, 2.45) is 16.7 Å². The van der Waals surface area contributed by atoms with Crippen molar-refractivity contribution in [1.82, 2.24) is 0 Å². The second kappa shape index (κ2) is 6.26. The summed E-state index contributed by atoms with van der Waals surface area (Å²) in [6.45, 7) is 15.3. The van der Waals surface area contributed by atoms with E-state index in [2.05, 4.69) is 47.7 Å². The van der Waals surface area contributed by atoms with E-state index in [4.69, 9.17) is 9.16 Å². The zero-order valence-corrected chi connectivity index (χ0v) is 18.8. The molecule has 1 heterocycles. The molecule has 1 N–H and O–H groups in total. The average Bonchev–Trinajstić information content (AvgIpc) is 2.78. The van der Waals surface area contributed by atoms with Gasteiger partial charge in [-0.3, -0.25) is 4.79 Å². The van der Waals surface area contributed by atoms with Gasteiger partial charge in [0.05, 0.1) is 18.3 Å². The van der Waals surface area contributed by atoms with Crippen LogP contribution in [0.15, 0.2) is 11.1 Å². The molecule has 0 aromatic carbocycles. The van der Waals surface area contributed by atoms with Crippen LogP contribution in [0.25, 0.3) is 0 Å². The number of rotatable bonds is 4. The summed E-state index contributed by atoms with van der Waals surface area (Å²) in [7, 11) is -2.05. The van der Waals surface area contributed by atoms with Crippen LogP contribution in [0.5, 0.6) is 0 Å². The molecule has 0 aromatic heterocycles. The predicted octanol–water partition coefficient (Wildman–Crippen LogP) is 3.62. The number of ether oxygens (including phenoxy) is 1. The highest BCUT2D eigenvalue weighted by Gasteiger charge is 2.62. The minimum Gasteiger partial charge on any atom is -0.461 e. The highest BCUT2D eigenvalue weighted by atomic mass is 28.4. The van der Waals surface area contributed by atoms with Crippen LogP contribution >= 0.6 is 0 Å². The van der Waals surface area contributed by atoms with E-state index >= 15 is 0 Å². The summed E-state index contributed by atoms with van der Waals surface area (Å²) < 4.78 is 11.8. The van der Waals surface area contributed by atoms with Gasteiger partial charge in [0.2, 0.25) is 0 Å². The largest absolute Gasteiger partial charge is 0.461 e. The van der Waals surface area contributed by atoms with Crippen molar-refractivity contribution in [3.05, 3.63) is 11.1 Å². The first-order valence-electron chi connectivity index (χ1n) is 9.96. The number of cyclic esters (lactones) is 1. The molecule has 0 saturated heterocycles. The van der Waals surface area contributed by atoms with E-state index in [1.807, 2.05) is 0 Å². The van der Waals surface area contributed by atoms with Crippen LogP contribution in [0.1, 0.15) is 53.9 Å². The fourth-order valence-corrected chi connectivity index (χ4v) is 5.60. The number of Topliss-reactive ketones (excluding diaryl/α,β-unsaturated/α-hetero) is 1. The van der Waals surface area contributed by atoms with Crippen LogP contribution < -0.4 is 0 Å². The summed E-state index contributed by atoms with van der Waals surface area (Å²) >= 11 is 0. The number of aliphatic hydroxyl groups excluding tert-OH is 1. The number of ketones is 1. The first-order valence-corrected chi connectivity index (χ1v) is 12.9.